The minimum absolute atomic E-state index is 0.0328. The average Bonchev–Trinajstić information content (AvgIpc) is 2.28. The summed E-state index contributed by atoms with van der Waals surface area (Å²) in [6.07, 6.45) is 0.221. The van der Waals surface area contributed by atoms with E-state index in [1.54, 1.807) is 0 Å². The summed E-state index contributed by atoms with van der Waals surface area (Å²) in [6, 6.07) is 0.875. The van der Waals surface area contributed by atoms with Crippen LogP contribution in [0, 0.1) is 0 Å². The predicted octanol–water partition coefficient (Wildman–Crippen LogP) is 3.21. The molecule has 2 heterocycles. The smallest absolute Gasteiger partial charge is 0.264 e. The Morgan fingerprint density at radius 2 is 1.76 bits per heavy atom. The van der Waals surface area contributed by atoms with Gasteiger partial charge in [0.1, 0.15) is 5.69 Å². The van der Waals surface area contributed by atoms with Gasteiger partial charge in [0.2, 0.25) is 0 Å². The number of rotatable bonds is 1. The molecule has 0 atom stereocenters. The van der Waals surface area contributed by atoms with Crippen LogP contribution in [0.25, 0.3) is 11.3 Å². The van der Waals surface area contributed by atoms with E-state index in [0.29, 0.717) is 0 Å². The van der Waals surface area contributed by atoms with E-state index in [-0.39, 0.29) is 16.4 Å². The standard InChI is InChI=1S/C10H5ClF3N3/c11-9-8(16-3-4-17-9)6-5-15-2-1-7(6)10(12,13)14/h1-5H. The van der Waals surface area contributed by atoms with Crippen LogP contribution in [0.4, 0.5) is 13.2 Å². The third kappa shape index (κ3) is 2.36. The Balaban J connectivity index is 2.65. The molecule has 0 N–H and O–H groups in total. The Bertz CT molecular complexity index is 542. The lowest BCUT2D eigenvalue weighted by Gasteiger charge is -2.11. The second-order valence-corrected chi connectivity index (χ2v) is 3.47. The zero-order valence-corrected chi connectivity index (χ0v) is 9.00. The van der Waals surface area contributed by atoms with Gasteiger partial charge in [-0.1, -0.05) is 11.6 Å². The van der Waals surface area contributed by atoms with Crippen LogP contribution < -0.4 is 0 Å². The number of alkyl halides is 3. The van der Waals surface area contributed by atoms with Gasteiger partial charge in [-0.15, -0.1) is 0 Å². The number of halogens is 4. The van der Waals surface area contributed by atoms with Crippen molar-refractivity contribution in [1.82, 2.24) is 15.0 Å². The number of hydrogen-bond acceptors (Lipinski definition) is 3. The molecule has 0 spiro atoms. The Labute approximate surface area is 99.3 Å². The monoisotopic (exact) mass is 259 g/mol. The predicted molar refractivity (Wildman–Crippen MR) is 55.3 cm³/mol. The van der Waals surface area contributed by atoms with E-state index in [4.69, 9.17) is 11.6 Å². The lowest BCUT2D eigenvalue weighted by molar-refractivity contribution is -0.137. The third-order valence-corrected chi connectivity index (χ3v) is 2.31. The summed E-state index contributed by atoms with van der Waals surface area (Å²) in [4.78, 5) is 11.1. The molecular weight excluding hydrogens is 255 g/mol. The molecule has 0 radical (unpaired) electrons. The first-order chi connectivity index (χ1) is 8.00. The molecular formula is C10H5ClF3N3. The van der Waals surface area contributed by atoms with Crippen molar-refractivity contribution >= 4 is 11.6 Å². The van der Waals surface area contributed by atoms with Gasteiger partial charge in [-0.2, -0.15) is 13.2 Å². The number of pyridine rings is 1. The van der Waals surface area contributed by atoms with Crippen LogP contribution in [0.15, 0.2) is 30.9 Å². The van der Waals surface area contributed by atoms with E-state index >= 15 is 0 Å². The van der Waals surface area contributed by atoms with Crippen LogP contribution in [0.1, 0.15) is 5.56 Å². The molecule has 0 aliphatic carbocycles. The normalized spacial score (nSPS) is 11.5. The summed E-state index contributed by atoms with van der Waals surface area (Å²) < 4.78 is 38.2. The highest BCUT2D eigenvalue weighted by Gasteiger charge is 2.34. The fourth-order valence-corrected chi connectivity index (χ4v) is 1.54. The van der Waals surface area contributed by atoms with Gasteiger partial charge >= 0.3 is 6.18 Å². The van der Waals surface area contributed by atoms with Gasteiger partial charge in [0, 0.05) is 30.4 Å². The number of hydrogen-bond donors (Lipinski definition) is 0. The fraction of sp³-hybridized carbons (Fsp3) is 0.100. The molecule has 7 heteroatoms. The van der Waals surface area contributed by atoms with Crippen molar-refractivity contribution < 1.29 is 13.2 Å². The van der Waals surface area contributed by atoms with Crippen LogP contribution in [-0.4, -0.2) is 15.0 Å². The van der Waals surface area contributed by atoms with E-state index in [0.717, 1.165) is 18.5 Å². The molecule has 88 valence electrons. The maximum absolute atomic E-state index is 12.7. The molecule has 17 heavy (non-hydrogen) atoms. The molecule has 3 nitrogen and oxygen atoms in total. The van der Waals surface area contributed by atoms with Crippen molar-refractivity contribution in [3.8, 4) is 11.3 Å². The van der Waals surface area contributed by atoms with Crippen molar-refractivity contribution in [2.24, 2.45) is 0 Å². The largest absolute Gasteiger partial charge is 0.417 e. The van der Waals surface area contributed by atoms with E-state index in [2.05, 4.69) is 15.0 Å². The lowest BCUT2D eigenvalue weighted by atomic mass is 10.1. The molecule has 2 rings (SSSR count). The highest BCUT2D eigenvalue weighted by Crippen LogP contribution is 2.37. The Kier molecular flexibility index (Phi) is 2.97. The van der Waals surface area contributed by atoms with Gasteiger partial charge in [-0.05, 0) is 6.07 Å². The second-order valence-electron chi connectivity index (χ2n) is 3.11. The molecule has 0 fully saturated rings. The summed E-state index contributed by atoms with van der Waals surface area (Å²) in [7, 11) is 0. The van der Waals surface area contributed by atoms with Crippen LogP contribution >= 0.6 is 11.6 Å². The minimum atomic E-state index is -4.49. The van der Waals surface area contributed by atoms with Crippen molar-refractivity contribution in [2.45, 2.75) is 6.18 Å². The summed E-state index contributed by atoms with van der Waals surface area (Å²) in [5.74, 6) is 0. The van der Waals surface area contributed by atoms with Gasteiger partial charge in [0.05, 0.1) is 5.56 Å². The van der Waals surface area contributed by atoms with Crippen molar-refractivity contribution in [3.63, 3.8) is 0 Å². The molecule has 2 aromatic rings. The molecule has 0 amide bonds. The maximum atomic E-state index is 12.7. The SMILES string of the molecule is FC(F)(F)c1ccncc1-c1nccnc1Cl. The zero-order valence-electron chi connectivity index (χ0n) is 8.24. The van der Waals surface area contributed by atoms with Crippen molar-refractivity contribution in [2.75, 3.05) is 0 Å². The molecule has 0 aliphatic heterocycles. The van der Waals surface area contributed by atoms with Gasteiger partial charge < -0.3 is 0 Å². The summed E-state index contributed by atoms with van der Waals surface area (Å²) >= 11 is 5.71. The third-order valence-electron chi connectivity index (χ3n) is 2.04. The second kappa shape index (κ2) is 4.29. The topological polar surface area (TPSA) is 38.7 Å². The van der Waals surface area contributed by atoms with E-state index < -0.39 is 11.7 Å². The van der Waals surface area contributed by atoms with Crippen LogP contribution in [-0.2, 0) is 6.18 Å². The first-order valence-electron chi connectivity index (χ1n) is 4.48. The molecule has 2 aromatic heterocycles. The summed E-state index contributed by atoms with van der Waals surface area (Å²) in [6.45, 7) is 0. The Morgan fingerprint density at radius 1 is 1.06 bits per heavy atom. The average molecular weight is 260 g/mol. The van der Waals surface area contributed by atoms with Crippen LogP contribution in [0.5, 0.6) is 0 Å². The molecule has 0 saturated heterocycles. The number of aromatic nitrogens is 3. The summed E-state index contributed by atoms with van der Waals surface area (Å²) in [5, 5.41) is -0.0917. The first kappa shape index (κ1) is 11.8. The molecule has 0 unspecified atom stereocenters. The van der Waals surface area contributed by atoms with E-state index in [9.17, 15) is 13.2 Å². The lowest BCUT2D eigenvalue weighted by Crippen LogP contribution is -2.08. The quantitative estimate of drug-likeness (QED) is 0.789. The van der Waals surface area contributed by atoms with Gasteiger partial charge in [-0.25, -0.2) is 4.98 Å². The highest BCUT2D eigenvalue weighted by atomic mass is 35.5. The first-order valence-corrected chi connectivity index (χ1v) is 4.86. The van der Waals surface area contributed by atoms with Crippen molar-refractivity contribution in [1.29, 1.82) is 0 Å². The van der Waals surface area contributed by atoms with Crippen LogP contribution in [0.2, 0.25) is 5.15 Å². The fourth-order valence-electron chi connectivity index (χ4n) is 1.33. The van der Waals surface area contributed by atoms with Gasteiger partial charge in [0.25, 0.3) is 0 Å². The van der Waals surface area contributed by atoms with Gasteiger partial charge in [-0.3, -0.25) is 9.97 Å². The molecule has 0 saturated carbocycles. The van der Waals surface area contributed by atoms with Crippen molar-refractivity contribution in [3.05, 3.63) is 41.6 Å². The van der Waals surface area contributed by atoms with Crippen LogP contribution in [0.3, 0.4) is 0 Å². The zero-order chi connectivity index (χ0) is 12.5. The van der Waals surface area contributed by atoms with E-state index in [1.165, 1.54) is 12.4 Å². The number of nitrogens with zero attached hydrogens (tertiary/aromatic N) is 3. The Hall–Kier alpha value is -1.69. The van der Waals surface area contributed by atoms with Gasteiger partial charge in [0.15, 0.2) is 5.15 Å². The highest BCUT2D eigenvalue weighted by molar-refractivity contribution is 6.31. The summed E-state index contributed by atoms with van der Waals surface area (Å²) in [5.41, 5.74) is -1.05. The minimum Gasteiger partial charge on any atom is -0.264 e. The molecule has 0 aliphatic rings. The maximum Gasteiger partial charge on any atom is 0.417 e. The van der Waals surface area contributed by atoms with E-state index in [1.807, 2.05) is 0 Å². The molecule has 0 aromatic carbocycles. The Morgan fingerprint density at radius 3 is 2.41 bits per heavy atom. The molecule has 0 bridgehead atoms.